The molecule has 2 heteroatoms. The lowest BCUT2D eigenvalue weighted by molar-refractivity contribution is -0.138. The molecule has 0 aromatic carbocycles. The summed E-state index contributed by atoms with van der Waals surface area (Å²) in [4.78, 5) is 10.7. The van der Waals surface area contributed by atoms with Crippen LogP contribution < -0.4 is 0 Å². The molecule has 1 aliphatic rings. The van der Waals surface area contributed by atoms with Gasteiger partial charge in [0.15, 0.2) is 0 Å². The molecule has 0 radical (unpaired) electrons. The number of aliphatic carboxylic acids is 1. The Balaban J connectivity index is 2.72. The first-order valence-corrected chi connectivity index (χ1v) is 5.19. The molecule has 0 bridgehead atoms. The van der Waals surface area contributed by atoms with E-state index in [2.05, 4.69) is 20.4 Å². The number of carboxylic acid groups (broad SMARTS) is 1. The van der Waals surface area contributed by atoms with Crippen LogP contribution in [-0.2, 0) is 4.79 Å². The molecule has 0 unspecified atom stereocenters. The second-order valence-corrected chi connectivity index (χ2v) is 5.38. The van der Waals surface area contributed by atoms with Crippen LogP contribution in [0, 0.1) is 17.3 Å². The van der Waals surface area contributed by atoms with Crippen molar-refractivity contribution < 1.29 is 9.90 Å². The van der Waals surface area contributed by atoms with Gasteiger partial charge in [-0.2, -0.15) is 0 Å². The Morgan fingerprint density at radius 2 is 2.07 bits per heavy atom. The zero-order chi connectivity index (χ0) is 10.9. The van der Waals surface area contributed by atoms with Gasteiger partial charge in [0.1, 0.15) is 0 Å². The van der Waals surface area contributed by atoms with E-state index in [0.29, 0.717) is 18.3 Å². The molecular formula is C12H20O2. The first-order valence-electron chi connectivity index (χ1n) is 5.19. The fourth-order valence-electron chi connectivity index (χ4n) is 2.71. The van der Waals surface area contributed by atoms with Gasteiger partial charge in [-0.25, -0.2) is 0 Å². The average molecular weight is 196 g/mol. The van der Waals surface area contributed by atoms with Crippen molar-refractivity contribution in [3.63, 3.8) is 0 Å². The number of carboxylic acids is 1. The first kappa shape index (κ1) is 11.3. The van der Waals surface area contributed by atoms with Crippen molar-refractivity contribution >= 4 is 5.97 Å². The van der Waals surface area contributed by atoms with Gasteiger partial charge < -0.3 is 5.11 Å². The SMILES string of the molecule is C=C(C)[C@@H]1CC(C)(C)C[C@@H]1CC(=O)O. The van der Waals surface area contributed by atoms with E-state index in [9.17, 15) is 4.79 Å². The summed E-state index contributed by atoms with van der Waals surface area (Å²) in [6.07, 6.45) is 2.39. The van der Waals surface area contributed by atoms with Crippen molar-refractivity contribution in [2.45, 2.75) is 40.0 Å². The minimum atomic E-state index is -0.682. The fourth-order valence-corrected chi connectivity index (χ4v) is 2.71. The molecule has 1 aliphatic carbocycles. The van der Waals surface area contributed by atoms with Crippen LogP contribution in [0.25, 0.3) is 0 Å². The highest BCUT2D eigenvalue weighted by atomic mass is 16.4. The molecule has 1 N–H and O–H groups in total. The third-order valence-corrected chi connectivity index (χ3v) is 3.23. The van der Waals surface area contributed by atoms with E-state index in [-0.39, 0.29) is 5.41 Å². The third-order valence-electron chi connectivity index (χ3n) is 3.23. The van der Waals surface area contributed by atoms with Gasteiger partial charge in [0, 0.05) is 6.42 Å². The maximum absolute atomic E-state index is 10.7. The lowest BCUT2D eigenvalue weighted by Crippen LogP contribution is -2.13. The smallest absolute Gasteiger partial charge is 0.303 e. The van der Waals surface area contributed by atoms with Crippen LogP contribution in [0.15, 0.2) is 12.2 Å². The number of rotatable bonds is 3. The molecule has 1 saturated carbocycles. The highest BCUT2D eigenvalue weighted by Crippen LogP contribution is 2.48. The number of allylic oxidation sites excluding steroid dienone is 1. The van der Waals surface area contributed by atoms with Crippen LogP contribution in [0.4, 0.5) is 0 Å². The molecule has 0 saturated heterocycles. The van der Waals surface area contributed by atoms with Crippen molar-refractivity contribution in [2.75, 3.05) is 0 Å². The molecule has 1 rings (SSSR count). The maximum Gasteiger partial charge on any atom is 0.303 e. The van der Waals surface area contributed by atoms with Gasteiger partial charge in [0.05, 0.1) is 0 Å². The molecule has 2 atom stereocenters. The molecule has 0 heterocycles. The van der Waals surface area contributed by atoms with Crippen LogP contribution >= 0.6 is 0 Å². The fraction of sp³-hybridized carbons (Fsp3) is 0.750. The molecule has 2 nitrogen and oxygen atoms in total. The lowest BCUT2D eigenvalue weighted by Gasteiger charge is -2.17. The van der Waals surface area contributed by atoms with E-state index < -0.39 is 5.97 Å². The van der Waals surface area contributed by atoms with Crippen molar-refractivity contribution in [1.82, 2.24) is 0 Å². The summed E-state index contributed by atoms with van der Waals surface area (Å²) in [7, 11) is 0. The predicted octanol–water partition coefficient (Wildman–Crippen LogP) is 3.09. The second kappa shape index (κ2) is 3.76. The largest absolute Gasteiger partial charge is 0.481 e. The molecule has 1 fully saturated rings. The van der Waals surface area contributed by atoms with E-state index >= 15 is 0 Å². The van der Waals surface area contributed by atoms with Gasteiger partial charge in [0.25, 0.3) is 0 Å². The van der Waals surface area contributed by atoms with Crippen molar-refractivity contribution in [2.24, 2.45) is 17.3 Å². The maximum atomic E-state index is 10.7. The van der Waals surface area contributed by atoms with E-state index in [0.717, 1.165) is 18.4 Å². The minimum absolute atomic E-state index is 0.281. The molecule has 0 spiro atoms. The molecule has 0 aliphatic heterocycles. The lowest BCUT2D eigenvalue weighted by atomic mass is 9.88. The minimum Gasteiger partial charge on any atom is -0.481 e. The highest BCUT2D eigenvalue weighted by molar-refractivity contribution is 5.67. The highest BCUT2D eigenvalue weighted by Gasteiger charge is 2.40. The van der Waals surface area contributed by atoms with Crippen LogP contribution in [0.1, 0.15) is 40.0 Å². The molecule has 0 aromatic rings. The van der Waals surface area contributed by atoms with Gasteiger partial charge in [-0.3, -0.25) is 4.79 Å². The van der Waals surface area contributed by atoms with Crippen LogP contribution in [0.5, 0.6) is 0 Å². The summed E-state index contributed by atoms with van der Waals surface area (Å²) >= 11 is 0. The Morgan fingerprint density at radius 1 is 1.50 bits per heavy atom. The van der Waals surface area contributed by atoms with Crippen molar-refractivity contribution in [3.05, 3.63) is 12.2 Å². The van der Waals surface area contributed by atoms with Gasteiger partial charge in [-0.1, -0.05) is 26.0 Å². The molecule has 0 aromatic heterocycles. The Labute approximate surface area is 86.0 Å². The van der Waals surface area contributed by atoms with Gasteiger partial charge >= 0.3 is 5.97 Å². The normalized spacial score (nSPS) is 30.2. The Hall–Kier alpha value is -0.790. The standard InChI is InChI=1S/C12H20O2/c1-8(2)10-7-12(3,4)6-9(10)5-11(13)14/h9-10H,1,5-7H2,2-4H3,(H,13,14)/t9-,10-/m0/s1. The summed E-state index contributed by atoms with van der Waals surface area (Å²) in [6.45, 7) is 10.4. The monoisotopic (exact) mass is 196 g/mol. The second-order valence-electron chi connectivity index (χ2n) is 5.38. The number of hydrogen-bond donors (Lipinski definition) is 1. The zero-order valence-corrected chi connectivity index (χ0v) is 9.34. The van der Waals surface area contributed by atoms with E-state index in [1.165, 1.54) is 0 Å². The number of carbonyl (C=O) groups is 1. The average Bonchev–Trinajstić information content (AvgIpc) is 2.24. The quantitative estimate of drug-likeness (QED) is 0.704. The Morgan fingerprint density at radius 3 is 2.50 bits per heavy atom. The topological polar surface area (TPSA) is 37.3 Å². The molecule has 80 valence electrons. The Kier molecular flexibility index (Phi) is 3.03. The summed E-state index contributed by atoms with van der Waals surface area (Å²) in [6, 6.07) is 0. The third kappa shape index (κ3) is 2.60. The van der Waals surface area contributed by atoms with Crippen LogP contribution in [-0.4, -0.2) is 11.1 Å². The van der Waals surface area contributed by atoms with Crippen LogP contribution in [0.2, 0.25) is 0 Å². The predicted molar refractivity (Wildman–Crippen MR) is 57.1 cm³/mol. The summed E-state index contributed by atoms with van der Waals surface area (Å²) < 4.78 is 0. The molecule has 0 amide bonds. The summed E-state index contributed by atoms with van der Waals surface area (Å²) in [5.41, 5.74) is 1.42. The number of hydrogen-bond acceptors (Lipinski definition) is 1. The van der Waals surface area contributed by atoms with Crippen molar-refractivity contribution in [1.29, 1.82) is 0 Å². The Bertz CT molecular complexity index is 253. The van der Waals surface area contributed by atoms with Gasteiger partial charge in [0.2, 0.25) is 0 Å². The summed E-state index contributed by atoms with van der Waals surface area (Å²) in [5, 5.41) is 8.81. The first-order chi connectivity index (χ1) is 6.32. The van der Waals surface area contributed by atoms with Gasteiger partial charge in [-0.05, 0) is 37.0 Å². The van der Waals surface area contributed by atoms with Crippen molar-refractivity contribution in [3.8, 4) is 0 Å². The van der Waals surface area contributed by atoms with Crippen LogP contribution in [0.3, 0.4) is 0 Å². The van der Waals surface area contributed by atoms with E-state index in [1.54, 1.807) is 0 Å². The zero-order valence-electron chi connectivity index (χ0n) is 9.34. The molecular weight excluding hydrogens is 176 g/mol. The van der Waals surface area contributed by atoms with E-state index in [4.69, 9.17) is 5.11 Å². The van der Waals surface area contributed by atoms with E-state index in [1.807, 2.05) is 6.92 Å². The molecule has 14 heavy (non-hydrogen) atoms. The summed E-state index contributed by atoms with van der Waals surface area (Å²) in [5.74, 6) is 0.0139. The van der Waals surface area contributed by atoms with Gasteiger partial charge in [-0.15, -0.1) is 0 Å².